The summed E-state index contributed by atoms with van der Waals surface area (Å²) < 4.78 is 15.4. The van der Waals surface area contributed by atoms with Crippen molar-refractivity contribution in [1.29, 1.82) is 0 Å². The van der Waals surface area contributed by atoms with Crippen molar-refractivity contribution in [2.24, 2.45) is 5.73 Å². The summed E-state index contributed by atoms with van der Waals surface area (Å²) in [5.41, 5.74) is 5.37. The van der Waals surface area contributed by atoms with Gasteiger partial charge in [-0.3, -0.25) is 14.9 Å². The van der Waals surface area contributed by atoms with E-state index in [1.54, 1.807) is 6.92 Å². The van der Waals surface area contributed by atoms with Crippen LogP contribution in [-0.2, 0) is 9.53 Å². The Bertz CT molecular complexity index is 546. The van der Waals surface area contributed by atoms with E-state index in [-0.39, 0.29) is 23.4 Å². The predicted octanol–water partition coefficient (Wildman–Crippen LogP) is 1.96. The minimum absolute atomic E-state index is 0.169. The lowest BCUT2D eigenvalue weighted by atomic mass is 10.1. The summed E-state index contributed by atoms with van der Waals surface area (Å²) in [5, 5.41) is 11.2. The number of nitrogens with zero attached hydrogens (tertiary/aromatic N) is 1. The fourth-order valence-electron chi connectivity index (χ4n) is 1.93. The SMILES string of the molecule is COc1cc(C(C)OC(=O)CCCN)c([N+](=O)[O-])cc1OC. The van der Waals surface area contributed by atoms with E-state index < -0.39 is 17.0 Å². The molecule has 8 heteroatoms. The number of nitro groups is 1. The number of carbonyl (C=O) groups excluding carboxylic acids is 1. The second-order valence-electron chi connectivity index (χ2n) is 4.55. The third-order valence-electron chi connectivity index (χ3n) is 3.06. The molecular weight excluding hydrogens is 292 g/mol. The average Bonchev–Trinajstić information content (AvgIpc) is 2.51. The lowest BCUT2D eigenvalue weighted by Crippen LogP contribution is -2.12. The molecule has 1 aromatic carbocycles. The maximum atomic E-state index is 11.6. The average molecular weight is 312 g/mol. The van der Waals surface area contributed by atoms with Crippen LogP contribution in [0.3, 0.4) is 0 Å². The Labute approximate surface area is 128 Å². The monoisotopic (exact) mass is 312 g/mol. The molecule has 22 heavy (non-hydrogen) atoms. The maximum Gasteiger partial charge on any atom is 0.306 e. The van der Waals surface area contributed by atoms with Crippen LogP contribution in [-0.4, -0.2) is 31.7 Å². The van der Waals surface area contributed by atoms with Gasteiger partial charge in [0.05, 0.1) is 30.8 Å². The number of nitro benzene ring substituents is 1. The van der Waals surface area contributed by atoms with Crippen molar-refractivity contribution in [3.8, 4) is 11.5 Å². The molecule has 1 rings (SSSR count). The van der Waals surface area contributed by atoms with Gasteiger partial charge in [0.25, 0.3) is 5.69 Å². The van der Waals surface area contributed by atoms with Crippen LogP contribution in [0, 0.1) is 10.1 Å². The minimum atomic E-state index is -0.787. The molecule has 1 aromatic rings. The van der Waals surface area contributed by atoms with Crippen molar-refractivity contribution < 1.29 is 23.9 Å². The van der Waals surface area contributed by atoms with Gasteiger partial charge >= 0.3 is 5.97 Å². The van der Waals surface area contributed by atoms with Crippen molar-refractivity contribution in [3.63, 3.8) is 0 Å². The van der Waals surface area contributed by atoms with E-state index in [2.05, 4.69) is 0 Å². The normalized spacial score (nSPS) is 11.6. The summed E-state index contributed by atoms with van der Waals surface area (Å²) in [6.45, 7) is 1.94. The molecule has 1 atom stereocenters. The highest BCUT2D eigenvalue weighted by Crippen LogP contribution is 2.38. The van der Waals surface area contributed by atoms with E-state index in [0.717, 1.165) is 0 Å². The highest BCUT2D eigenvalue weighted by molar-refractivity contribution is 5.70. The maximum absolute atomic E-state index is 11.6. The molecule has 0 fully saturated rings. The van der Waals surface area contributed by atoms with Crippen LogP contribution in [0.1, 0.15) is 31.4 Å². The third kappa shape index (κ3) is 4.32. The Morgan fingerprint density at radius 3 is 2.41 bits per heavy atom. The van der Waals surface area contributed by atoms with Gasteiger partial charge in [0.2, 0.25) is 0 Å². The number of methoxy groups -OCH3 is 2. The van der Waals surface area contributed by atoms with Crippen LogP contribution >= 0.6 is 0 Å². The van der Waals surface area contributed by atoms with Crippen LogP contribution in [0.5, 0.6) is 11.5 Å². The summed E-state index contributed by atoms with van der Waals surface area (Å²) >= 11 is 0. The predicted molar refractivity (Wildman–Crippen MR) is 79.0 cm³/mol. The first kappa shape index (κ1) is 17.7. The molecule has 0 radical (unpaired) electrons. The molecule has 1 unspecified atom stereocenters. The van der Waals surface area contributed by atoms with Crippen molar-refractivity contribution >= 4 is 11.7 Å². The molecule has 0 amide bonds. The Hall–Kier alpha value is -2.35. The number of carbonyl (C=O) groups is 1. The first-order valence-corrected chi connectivity index (χ1v) is 6.74. The largest absolute Gasteiger partial charge is 0.493 e. The summed E-state index contributed by atoms with van der Waals surface area (Å²) in [6.07, 6.45) is -0.118. The highest BCUT2D eigenvalue weighted by Gasteiger charge is 2.25. The standard InChI is InChI=1S/C14H20N2O6/c1-9(22-14(17)5-4-6-15)10-7-12(20-2)13(21-3)8-11(10)16(18)19/h7-9H,4-6,15H2,1-3H3. The van der Waals surface area contributed by atoms with Crippen LogP contribution in [0.25, 0.3) is 0 Å². The molecular formula is C14H20N2O6. The van der Waals surface area contributed by atoms with Gasteiger partial charge in [-0.15, -0.1) is 0 Å². The van der Waals surface area contributed by atoms with Crippen molar-refractivity contribution in [1.82, 2.24) is 0 Å². The zero-order valence-corrected chi connectivity index (χ0v) is 12.8. The lowest BCUT2D eigenvalue weighted by Gasteiger charge is -2.16. The van der Waals surface area contributed by atoms with Gasteiger partial charge in [-0.25, -0.2) is 0 Å². The smallest absolute Gasteiger partial charge is 0.306 e. The molecule has 0 spiro atoms. The Morgan fingerprint density at radius 1 is 1.32 bits per heavy atom. The number of rotatable bonds is 8. The second kappa shape index (κ2) is 8.18. The van der Waals surface area contributed by atoms with Crippen LogP contribution in [0.4, 0.5) is 5.69 Å². The number of esters is 1. The summed E-state index contributed by atoms with van der Waals surface area (Å²) in [6, 6.07) is 2.69. The lowest BCUT2D eigenvalue weighted by molar-refractivity contribution is -0.386. The quantitative estimate of drug-likeness (QED) is 0.443. The summed E-state index contributed by atoms with van der Waals surface area (Å²) in [4.78, 5) is 22.3. The number of hydrogen-bond donors (Lipinski definition) is 1. The van der Waals surface area contributed by atoms with Crippen LogP contribution in [0.2, 0.25) is 0 Å². The van der Waals surface area contributed by atoms with Gasteiger partial charge in [-0.2, -0.15) is 0 Å². The number of benzene rings is 1. The molecule has 122 valence electrons. The Kier molecular flexibility index (Phi) is 6.58. The molecule has 0 saturated heterocycles. The van der Waals surface area contributed by atoms with E-state index in [1.807, 2.05) is 0 Å². The van der Waals surface area contributed by atoms with E-state index >= 15 is 0 Å². The first-order valence-electron chi connectivity index (χ1n) is 6.74. The van der Waals surface area contributed by atoms with Crippen LogP contribution < -0.4 is 15.2 Å². The van der Waals surface area contributed by atoms with Gasteiger partial charge < -0.3 is 19.9 Å². The number of hydrogen-bond acceptors (Lipinski definition) is 7. The summed E-state index contributed by atoms with van der Waals surface area (Å²) in [7, 11) is 2.81. The molecule has 0 aliphatic heterocycles. The van der Waals surface area contributed by atoms with Gasteiger partial charge in [0.1, 0.15) is 6.10 Å². The third-order valence-corrected chi connectivity index (χ3v) is 3.06. The molecule has 0 aliphatic carbocycles. The fraction of sp³-hybridized carbons (Fsp3) is 0.500. The molecule has 2 N–H and O–H groups in total. The molecule has 0 aromatic heterocycles. The molecule has 0 aliphatic rings. The molecule has 0 heterocycles. The number of ether oxygens (including phenoxy) is 3. The molecule has 0 saturated carbocycles. The highest BCUT2D eigenvalue weighted by atomic mass is 16.6. The topological polar surface area (TPSA) is 114 Å². The molecule has 8 nitrogen and oxygen atoms in total. The van der Waals surface area contributed by atoms with Gasteiger partial charge in [-0.1, -0.05) is 0 Å². The second-order valence-corrected chi connectivity index (χ2v) is 4.55. The zero-order chi connectivity index (χ0) is 16.7. The van der Waals surface area contributed by atoms with Crippen LogP contribution in [0.15, 0.2) is 12.1 Å². The molecule has 0 bridgehead atoms. The van der Waals surface area contributed by atoms with Gasteiger partial charge in [-0.05, 0) is 26.0 Å². The number of nitrogens with two attached hydrogens (primary N) is 1. The summed E-state index contributed by atoms with van der Waals surface area (Å²) in [5.74, 6) is 0.106. The Morgan fingerprint density at radius 2 is 1.91 bits per heavy atom. The first-order chi connectivity index (χ1) is 10.4. The fourth-order valence-corrected chi connectivity index (χ4v) is 1.93. The zero-order valence-electron chi connectivity index (χ0n) is 12.8. The van der Waals surface area contributed by atoms with E-state index in [4.69, 9.17) is 19.9 Å². The van der Waals surface area contributed by atoms with Crippen molar-refractivity contribution in [2.75, 3.05) is 20.8 Å². The van der Waals surface area contributed by atoms with E-state index in [0.29, 0.717) is 18.7 Å². The van der Waals surface area contributed by atoms with E-state index in [1.165, 1.54) is 26.4 Å². The van der Waals surface area contributed by atoms with E-state index in [9.17, 15) is 14.9 Å². The Balaban J connectivity index is 3.10. The van der Waals surface area contributed by atoms with Crippen molar-refractivity contribution in [3.05, 3.63) is 27.8 Å². The van der Waals surface area contributed by atoms with Gasteiger partial charge in [0, 0.05) is 6.42 Å². The van der Waals surface area contributed by atoms with Gasteiger partial charge in [0.15, 0.2) is 11.5 Å². The minimum Gasteiger partial charge on any atom is -0.493 e. The van der Waals surface area contributed by atoms with Crippen molar-refractivity contribution in [2.45, 2.75) is 25.9 Å².